The van der Waals surface area contributed by atoms with Gasteiger partial charge >= 0.3 is 0 Å². The molecule has 0 aromatic heterocycles. The summed E-state index contributed by atoms with van der Waals surface area (Å²) in [6, 6.07) is 11.1. The SMILES string of the molecule is N#CCCN(CCC#N)C(=O)Cc1ccc(Cl)cc1. The van der Waals surface area contributed by atoms with Crippen molar-refractivity contribution in [2.45, 2.75) is 19.3 Å². The van der Waals surface area contributed by atoms with Crippen molar-refractivity contribution in [1.29, 1.82) is 10.5 Å². The van der Waals surface area contributed by atoms with E-state index in [-0.39, 0.29) is 25.2 Å². The van der Waals surface area contributed by atoms with Gasteiger partial charge in [-0.15, -0.1) is 0 Å². The van der Waals surface area contributed by atoms with E-state index in [9.17, 15) is 4.79 Å². The Kier molecular flexibility index (Phi) is 6.43. The molecule has 0 saturated carbocycles. The first-order valence-electron chi connectivity index (χ1n) is 5.93. The minimum atomic E-state index is -0.0761. The molecule has 0 heterocycles. The zero-order chi connectivity index (χ0) is 14.1. The highest BCUT2D eigenvalue weighted by Gasteiger charge is 2.13. The molecule has 1 aromatic carbocycles. The standard InChI is InChI=1S/C14H14ClN3O/c15-13-5-3-12(4-6-13)11-14(19)18(9-1-7-16)10-2-8-17/h3-6H,1-2,9-11H2. The lowest BCUT2D eigenvalue weighted by Gasteiger charge is -2.20. The highest BCUT2D eigenvalue weighted by Crippen LogP contribution is 2.11. The van der Waals surface area contributed by atoms with Gasteiger partial charge in [0.2, 0.25) is 5.91 Å². The van der Waals surface area contributed by atoms with Crippen molar-refractivity contribution in [1.82, 2.24) is 4.90 Å². The molecular formula is C14H14ClN3O. The van der Waals surface area contributed by atoms with Crippen LogP contribution in [-0.2, 0) is 11.2 Å². The molecule has 0 atom stereocenters. The molecule has 0 bridgehead atoms. The first-order chi connectivity index (χ1) is 9.17. The third-order valence-electron chi connectivity index (χ3n) is 2.61. The fourth-order valence-corrected chi connectivity index (χ4v) is 1.75. The fraction of sp³-hybridized carbons (Fsp3) is 0.357. The molecule has 4 nitrogen and oxygen atoms in total. The molecule has 0 aliphatic heterocycles. The average molecular weight is 276 g/mol. The topological polar surface area (TPSA) is 67.9 Å². The molecule has 0 saturated heterocycles. The van der Waals surface area contributed by atoms with Crippen LogP contribution >= 0.6 is 11.6 Å². The lowest BCUT2D eigenvalue weighted by Crippen LogP contribution is -2.33. The molecule has 5 heteroatoms. The predicted molar refractivity (Wildman–Crippen MR) is 72.2 cm³/mol. The maximum Gasteiger partial charge on any atom is 0.227 e. The van der Waals surface area contributed by atoms with E-state index in [0.717, 1.165) is 5.56 Å². The monoisotopic (exact) mass is 275 g/mol. The minimum Gasteiger partial charge on any atom is -0.340 e. The molecule has 0 spiro atoms. The van der Waals surface area contributed by atoms with Crippen molar-refractivity contribution in [3.05, 3.63) is 34.9 Å². The molecule has 0 aliphatic carbocycles. The van der Waals surface area contributed by atoms with Crippen LogP contribution in [0.15, 0.2) is 24.3 Å². The largest absolute Gasteiger partial charge is 0.340 e. The summed E-state index contributed by atoms with van der Waals surface area (Å²) in [7, 11) is 0. The summed E-state index contributed by atoms with van der Waals surface area (Å²) in [6.45, 7) is 0.731. The van der Waals surface area contributed by atoms with Crippen LogP contribution in [0.2, 0.25) is 5.02 Å². The Bertz CT molecular complexity index is 481. The van der Waals surface area contributed by atoms with Crippen molar-refractivity contribution in [2.24, 2.45) is 0 Å². The number of rotatable bonds is 6. The number of amides is 1. The van der Waals surface area contributed by atoms with Gasteiger partial charge in [-0.2, -0.15) is 10.5 Å². The van der Waals surface area contributed by atoms with Crippen LogP contribution in [0.5, 0.6) is 0 Å². The van der Waals surface area contributed by atoms with Crippen LogP contribution in [0.1, 0.15) is 18.4 Å². The molecule has 19 heavy (non-hydrogen) atoms. The molecule has 1 rings (SSSR count). The number of halogens is 1. The van der Waals surface area contributed by atoms with E-state index in [4.69, 9.17) is 22.1 Å². The number of nitrogens with zero attached hydrogens (tertiary/aromatic N) is 3. The lowest BCUT2D eigenvalue weighted by atomic mass is 10.1. The Labute approximate surface area is 117 Å². The van der Waals surface area contributed by atoms with Crippen molar-refractivity contribution in [3.63, 3.8) is 0 Å². The number of hydrogen-bond donors (Lipinski definition) is 0. The fourth-order valence-electron chi connectivity index (χ4n) is 1.62. The van der Waals surface area contributed by atoms with Crippen LogP contribution in [0, 0.1) is 22.7 Å². The number of benzene rings is 1. The van der Waals surface area contributed by atoms with Gasteiger partial charge in [0.25, 0.3) is 0 Å². The lowest BCUT2D eigenvalue weighted by molar-refractivity contribution is -0.130. The van der Waals surface area contributed by atoms with Gasteiger partial charge in [0.05, 0.1) is 31.4 Å². The van der Waals surface area contributed by atoms with Crippen LogP contribution in [-0.4, -0.2) is 23.9 Å². The van der Waals surface area contributed by atoms with Crippen LogP contribution in [0.3, 0.4) is 0 Å². The molecule has 98 valence electrons. The summed E-state index contributed by atoms with van der Waals surface area (Å²) in [5, 5.41) is 17.8. The maximum absolute atomic E-state index is 12.1. The van der Waals surface area contributed by atoms with E-state index < -0.39 is 0 Å². The Balaban J connectivity index is 2.62. The Morgan fingerprint density at radius 1 is 1.11 bits per heavy atom. The maximum atomic E-state index is 12.1. The van der Waals surface area contributed by atoms with E-state index in [1.54, 1.807) is 29.2 Å². The Hall–Kier alpha value is -2.04. The van der Waals surface area contributed by atoms with E-state index >= 15 is 0 Å². The smallest absolute Gasteiger partial charge is 0.227 e. The number of nitriles is 2. The van der Waals surface area contributed by atoms with E-state index in [2.05, 4.69) is 0 Å². The summed E-state index contributed by atoms with van der Waals surface area (Å²) in [4.78, 5) is 13.6. The van der Waals surface area contributed by atoms with Crippen molar-refractivity contribution >= 4 is 17.5 Å². The second kappa shape index (κ2) is 8.13. The predicted octanol–water partition coefficient (Wildman–Crippen LogP) is 2.54. The molecule has 0 unspecified atom stereocenters. The summed E-state index contributed by atoms with van der Waals surface area (Å²) < 4.78 is 0. The van der Waals surface area contributed by atoms with Crippen molar-refractivity contribution < 1.29 is 4.79 Å². The normalized spacial score (nSPS) is 9.42. The van der Waals surface area contributed by atoms with Gasteiger partial charge in [-0.1, -0.05) is 23.7 Å². The first-order valence-corrected chi connectivity index (χ1v) is 6.31. The minimum absolute atomic E-state index is 0.0761. The molecular weight excluding hydrogens is 262 g/mol. The zero-order valence-electron chi connectivity index (χ0n) is 10.5. The van der Waals surface area contributed by atoms with E-state index in [1.165, 1.54) is 0 Å². The average Bonchev–Trinajstić information content (AvgIpc) is 2.41. The van der Waals surface area contributed by atoms with Gasteiger partial charge in [-0.25, -0.2) is 0 Å². The highest BCUT2D eigenvalue weighted by atomic mass is 35.5. The van der Waals surface area contributed by atoms with E-state index in [1.807, 2.05) is 12.1 Å². The Morgan fingerprint density at radius 3 is 2.11 bits per heavy atom. The number of hydrogen-bond acceptors (Lipinski definition) is 3. The molecule has 0 fully saturated rings. The first kappa shape index (κ1) is 15.0. The van der Waals surface area contributed by atoms with Gasteiger partial charge in [0, 0.05) is 18.1 Å². The van der Waals surface area contributed by atoms with Crippen molar-refractivity contribution in [3.8, 4) is 12.1 Å². The molecule has 0 aliphatic rings. The summed E-state index contributed by atoms with van der Waals surface area (Å²) in [5.74, 6) is -0.0761. The van der Waals surface area contributed by atoms with E-state index in [0.29, 0.717) is 18.1 Å². The van der Waals surface area contributed by atoms with Crippen LogP contribution in [0.4, 0.5) is 0 Å². The molecule has 0 N–H and O–H groups in total. The number of carbonyl (C=O) groups excluding carboxylic acids is 1. The van der Waals surface area contributed by atoms with Gasteiger partial charge < -0.3 is 4.90 Å². The third-order valence-corrected chi connectivity index (χ3v) is 2.86. The molecule has 0 radical (unpaired) electrons. The van der Waals surface area contributed by atoms with Crippen LogP contribution in [0.25, 0.3) is 0 Å². The van der Waals surface area contributed by atoms with Crippen molar-refractivity contribution in [2.75, 3.05) is 13.1 Å². The van der Waals surface area contributed by atoms with Gasteiger partial charge in [-0.3, -0.25) is 4.79 Å². The summed E-state index contributed by atoms with van der Waals surface area (Å²) >= 11 is 5.78. The summed E-state index contributed by atoms with van der Waals surface area (Å²) in [5.41, 5.74) is 0.869. The van der Waals surface area contributed by atoms with Crippen LogP contribution < -0.4 is 0 Å². The number of carbonyl (C=O) groups is 1. The van der Waals surface area contributed by atoms with Gasteiger partial charge in [0.15, 0.2) is 0 Å². The summed E-state index contributed by atoms with van der Waals surface area (Å²) in [6.07, 6.45) is 0.809. The van der Waals surface area contributed by atoms with Gasteiger partial charge in [0.1, 0.15) is 0 Å². The highest BCUT2D eigenvalue weighted by molar-refractivity contribution is 6.30. The molecule has 1 aromatic rings. The second-order valence-corrected chi connectivity index (χ2v) is 4.44. The quantitative estimate of drug-likeness (QED) is 0.801. The zero-order valence-corrected chi connectivity index (χ0v) is 11.2. The third kappa shape index (κ3) is 5.42. The Morgan fingerprint density at radius 2 is 1.63 bits per heavy atom. The molecule has 1 amide bonds. The van der Waals surface area contributed by atoms with Gasteiger partial charge in [-0.05, 0) is 17.7 Å². The second-order valence-electron chi connectivity index (χ2n) is 4.00.